The van der Waals surface area contributed by atoms with Crippen LogP contribution < -0.4 is 21.3 Å². The summed E-state index contributed by atoms with van der Waals surface area (Å²) in [6, 6.07) is 3.65. The van der Waals surface area contributed by atoms with Crippen molar-refractivity contribution < 1.29 is 13.2 Å². The van der Waals surface area contributed by atoms with Gasteiger partial charge in [-0.25, -0.2) is 9.97 Å². The first kappa shape index (κ1) is 21.9. The van der Waals surface area contributed by atoms with Gasteiger partial charge < -0.3 is 21.3 Å². The van der Waals surface area contributed by atoms with Crippen molar-refractivity contribution in [2.45, 2.75) is 31.9 Å². The van der Waals surface area contributed by atoms with Crippen LogP contribution in [0.2, 0.25) is 0 Å². The lowest BCUT2D eigenvalue weighted by Gasteiger charge is -2.26. The summed E-state index contributed by atoms with van der Waals surface area (Å²) in [5.74, 6) is 0.935. The first-order valence-electron chi connectivity index (χ1n) is 10.4. The zero-order valence-electron chi connectivity index (χ0n) is 18.2. The average Bonchev–Trinajstić information content (AvgIpc) is 3.25. The summed E-state index contributed by atoms with van der Waals surface area (Å²) in [6.07, 6.45) is -0.794. The minimum absolute atomic E-state index is 0.0525. The molecule has 0 amide bonds. The Labute approximate surface area is 184 Å². The van der Waals surface area contributed by atoms with E-state index in [1.165, 1.54) is 0 Å². The second-order valence-corrected chi connectivity index (χ2v) is 8.36. The van der Waals surface area contributed by atoms with Crippen LogP contribution in [0, 0.1) is 0 Å². The second-order valence-electron chi connectivity index (χ2n) is 8.36. The zero-order chi connectivity index (χ0) is 23.2. The monoisotopic (exact) mass is 445 g/mol. The van der Waals surface area contributed by atoms with Crippen LogP contribution in [0.25, 0.3) is 10.9 Å². The molecule has 1 saturated heterocycles. The first-order chi connectivity index (χ1) is 15.1. The van der Waals surface area contributed by atoms with E-state index in [9.17, 15) is 13.2 Å². The number of rotatable bonds is 4. The molecule has 1 aliphatic heterocycles. The van der Waals surface area contributed by atoms with Gasteiger partial charge in [-0.2, -0.15) is 18.2 Å². The Balaban J connectivity index is 1.97. The molecule has 0 radical (unpaired) electrons. The number of fused-ring (bicyclic) bond motifs is 1. The van der Waals surface area contributed by atoms with Crippen molar-refractivity contribution in [1.82, 2.24) is 15.0 Å². The van der Waals surface area contributed by atoms with Gasteiger partial charge in [-0.05, 0) is 36.6 Å². The molecule has 0 spiro atoms. The lowest BCUT2D eigenvalue weighted by atomic mass is 9.89. The van der Waals surface area contributed by atoms with Gasteiger partial charge in [-0.1, -0.05) is 6.92 Å². The third kappa shape index (κ3) is 3.96. The van der Waals surface area contributed by atoms with Gasteiger partial charge in [0.25, 0.3) is 0 Å². The Morgan fingerprint density at radius 3 is 2.38 bits per heavy atom. The van der Waals surface area contributed by atoms with Crippen molar-refractivity contribution in [2.75, 3.05) is 48.5 Å². The zero-order valence-corrected chi connectivity index (χ0v) is 18.2. The van der Waals surface area contributed by atoms with Crippen molar-refractivity contribution in [3.63, 3.8) is 0 Å². The normalized spacial score (nSPS) is 15.4. The highest BCUT2D eigenvalue weighted by Gasteiger charge is 2.32. The fourth-order valence-electron chi connectivity index (χ4n) is 4.20. The second kappa shape index (κ2) is 7.99. The van der Waals surface area contributed by atoms with E-state index in [2.05, 4.69) is 19.9 Å². The van der Waals surface area contributed by atoms with E-state index >= 15 is 0 Å². The molecule has 4 rings (SSSR count). The van der Waals surface area contributed by atoms with Crippen molar-refractivity contribution in [3.05, 3.63) is 41.1 Å². The van der Waals surface area contributed by atoms with E-state index in [-0.39, 0.29) is 11.5 Å². The summed E-state index contributed by atoms with van der Waals surface area (Å²) >= 11 is 0. The van der Waals surface area contributed by atoms with Crippen LogP contribution in [0.3, 0.4) is 0 Å². The molecule has 10 heteroatoms. The number of halogens is 3. The summed E-state index contributed by atoms with van der Waals surface area (Å²) in [5, 5.41) is 0.607. The summed E-state index contributed by atoms with van der Waals surface area (Å²) in [7, 11) is 3.61. The van der Waals surface area contributed by atoms with Gasteiger partial charge >= 0.3 is 6.18 Å². The molecule has 7 nitrogen and oxygen atoms in total. The summed E-state index contributed by atoms with van der Waals surface area (Å²) in [5.41, 5.74) is 13.2. The van der Waals surface area contributed by atoms with Crippen LogP contribution in [0.4, 0.5) is 36.4 Å². The standard InChI is InChI=1S/C22H26F3N7/c1-12(13-8-14(22(23,24)25)10-15(26)9-13)17-18-16(29-21(31(2)3)30-19(18)27)11-28-20(17)32-6-4-5-7-32/h8-12H,4-7,26H2,1-3H3,(H2,27,29,30)/t12-/m1/s1. The molecule has 2 aromatic heterocycles. The molecule has 1 atom stereocenters. The van der Waals surface area contributed by atoms with Crippen molar-refractivity contribution in [2.24, 2.45) is 0 Å². The van der Waals surface area contributed by atoms with Crippen LogP contribution in [0.1, 0.15) is 42.4 Å². The largest absolute Gasteiger partial charge is 0.416 e. The van der Waals surface area contributed by atoms with E-state index < -0.39 is 17.7 Å². The number of nitrogens with zero attached hydrogens (tertiary/aromatic N) is 5. The minimum Gasteiger partial charge on any atom is -0.399 e. The smallest absolute Gasteiger partial charge is 0.399 e. The highest BCUT2D eigenvalue weighted by Crippen LogP contribution is 2.41. The Morgan fingerprint density at radius 1 is 1.06 bits per heavy atom. The lowest BCUT2D eigenvalue weighted by molar-refractivity contribution is -0.137. The molecule has 0 unspecified atom stereocenters. The fraction of sp³-hybridized carbons (Fsp3) is 0.409. The first-order valence-corrected chi connectivity index (χ1v) is 10.4. The molecule has 0 saturated carbocycles. The minimum atomic E-state index is -4.50. The molecule has 0 aliphatic carbocycles. The molecule has 170 valence electrons. The SMILES string of the molecule is C[C@H](c1cc(N)cc(C(F)(F)F)c1)c1c(N2CCCC2)ncc2nc(N(C)C)nc(N)c12. The third-order valence-corrected chi connectivity index (χ3v) is 5.82. The van der Waals surface area contributed by atoms with Gasteiger partial charge in [-0.3, -0.25) is 0 Å². The molecule has 0 bridgehead atoms. The van der Waals surface area contributed by atoms with Crippen molar-refractivity contribution in [3.8, 4) is 0 Å². The Morgan fingerprint density at radius 2 is 1.75 bits per heavy atom. The van der Waals surface area contributed by atoms with Crippen LogP contribution in [0.5, 0.6) is 0 Å². The maximum Gasteiger partial charge on any atom is 0.416 e. The molecule has 1 aliphatic rings. The number of hydrogen-bond donors (Lipinski definition) is 2. The van der Waals surface area contributed by atoms with E-state index in [0.717, 1.165) is 38.1 Å². The Hall–Kier alpha value is -3.30. The van der Waals surface area contributed by atoms with E-state index in [1.807, 2.05) is 21.0 Å². The third-order valence-electron chi connectivity index (χ3n) is 5.82. The predicted octanol–water partition coefficient (Wildman–Crippen LogP) is 4.03. The number of anilines is 4. The molecule has 1 aromatic carbocycles. The quantitative estimate of drug-likeness (QED) is 0.585. The van der Waals surface area contributed by atoms with Gasteiger partial charge in [0.1, 0.15) is 11.6 Å². The van der Waals surface area contributed by atoms with E-state index in [0.29, 0.717) is 33.8 Å². The molecule has 3 aromatic rings. The highest BCUT2D eigenvalue weighted by atomic mass is 19.4. The Kier molecular flexibility index (Phi) is 5.47. The number of hydrogen-bond acceptors (Lipinski definition) is 7. The molecular weight excluding hydrogens is 419 g/mol. The van der Waals surface area contributed by atoms with Crippen LogP contribution in [0.15, 0.2) is 24.4 Å². The predicted molar refractivity (Wildman–Crippen MR) is 121 cm³/mol. The van der Waals surface area contributed by atoms with Crippen LogP contribution in [-0.2, 0) is 6.18 Å². The maximum atomic E-state index is 13.5. The summed E-state index contributed by atoms with van der Waals surface area (Å²) < 4.78 is 40.4. The summed E-state index contributed by atoms with van der Waals surface area (Å²) in [6.45, 7) is 3.48. The number of benzene rings is 1. The van der Waals surface area contributed by atoms with Gasteiger partial charge in [0.2, 0.25) is 5.95 Å². The van der Waals surface area contributed by atoms with Crippen molar-refractivity contribution >= 4 is 34.2 Å². The number of pyridine rings is 1. The van der Waals surface area contributed by atoms with Gasteiger partial charge in [0, 0.05) is 44.4 Å². The number of aromatic nitrogens is 3. The molecular formula is C22H26F3N7. The van der Waals surface area contributed by atoms with Gasteiger partial charge in [-0.15, -0.1) is 0 Å². The maximum absolute atomic E-state index is 13.5. The van der Waals surface area contributed by atoms with E-state index in [1.54, 1.807) is 17.2 Å². The van der Waals surface area contributed by atoms with Gasteiger partial charge in [0.15, 0.2) is 0 Å². The number of nitrogens with two attached hydrogens (primary N) is 2. The Bertz CT molecular complexity index is 1150. The fourth-order valence-corrected chi connectivity index (χ4v) is 4.20. The van der Waals surface area contributed by atoms with Gasteiger partial charge in [0.05, 0.1) is 22.7 Å². The average molecular weight is 445 g/mol. The van der Waals surface area contributed by atoms with Crippen LogP contribution >= 0.6 is 0 Å². The molecule has 32 heavy (non-hydrogen) atoms. The van der Waals surface area contributed by atoms with Crippen LogP contribution in [-0.4, -0.2) is 42.1 Å². The van der Waals surface area contributed by atoms with Crippen molar-refractivity contribution in [1.29, 1.82) is 0 Å². The molecule has 3 heterocycles. The lowest BCUT2D eigenvalue weighted by Crippen LogP contribution is -2.22. The number of nitrogen functional groups attached to an aromatic ring is 2. The molecule has 1 fully saturated rings. The highest BCUT2D eigenvalue weighted by molar-refractivity contribution is 5.95. The van der Waals surface area contributed by atoms with E-state index in [4.69, 9.17) is 11.5 Å². The number of alkyl halides is 3. The molecule has 4 N–H and O–H groups in total. The summed E-state index contributed by atoms with van der Waals surface area (Å²) in [4.78, 5) is 17.5. The topological polar surface area (TPSA) is 97.2 Å².